The summed E-state index contributed by atoms with van der Waals surface area (Å²) in [6.07, 6.45) is 2.85. The second-order valence-electron chi connectivity index (χ2n) is 4.45. The van der Waals surface area contributed by atoms with Crippen LogP contribution in [0, 0.1) is 0 Å². The van der Waals surface area contributed by atoms with E-state index >= 15 is 0 Å². The molecule has 6 heteroatoms. The Hall–Kier alpha value is 0.160. The molecule has 0 saturated carbocycles. The molecule has 0 radical (unpaired) electrons. The fourth-order valence-electron chi connectivity index (χ4n) is 1.94. The Bertz CT molecular complexity index is 312. The van der Waals surface area contributed by atoms with E-state index in [1.165, 1.54) is 4.31 Å². The molecule has 1 saturated heterocycles. The average molecular weight is 270 g/mol. The highest BCUT2D eigenvalue weighted by Crippen LogP contribution is 2.28. The first-order valence-electron chi connectivity index (χ1n) is 5.70. The quantitative estimate of drug-likeness (QED) is 0.558. The molecule has 0 aliphatic carbocycles. The van der Waals surface area contributed by atoms with E-state index in [4.69, 9.17) is 11.6 Å². The maximum atomic E-state index is 11.8. The number of halogens is 1. The molecule has 0 amide bonds. The number of hydrogen-bond donors (Lipinski definition) is 1. The van der Waals surface area contributed by atoms with Crippen molar-refractivity contribution in [1.82, 2.24) is 4.31 Å². The number of rotatable bonds is 7. The molecule has 1 aliphatic rings. The van der Waals surface area contributed by atoms with Crippen LogP contribution < -0.4 is 0 Å². The molecule has 0 aromatic carbocycles. The highest BCUT2D eigenvalue weighted by molar-refractivity contribution is 7.89. The van der Waals surface area contributed by atoms with Crippen molar-refractivity contribution in [1.29, 1.82) is 0 Å². The highest BCUT2D eigenvalue weighted by atomic mass is 35.5. The van der Waals surface area contributed by atoms with Crippen molar-refractivity contribution in [3.63, 3.8) is 0 Å². The molecule has 96 valence electrons. The molecule has 1 N–H and O–H groups in total. The zero-order valence-electron chi connectivity index (χ0n) is 9.65. The van der Waals surface area contributed by atoms with Gasteiger partial charge in [-0.1, -0.05) is 13.3 Å². The summed E-state index contributed by atoms with van der Waals surface area (Å²) in [5, 5.41) is 9.89. The third-order valence-corrected chi connectivity index (χ3v) is 4.95. The van der Waals surface area contributed by atoms with Crippen LogP contribution in [-0.2, 0) is 10.0 Å². The number of nitrogens with zero attached hydrogens (tertiary/aromatic N) is 1. The van der Waals surface area contributed by atoms with Crippen molar-refractivity contribution in [3.05, 3.63) is 0 Å². The Morgan fingerprint density at radius 2 is 2.00 bits per heavy atom. The zero-order valence-corrected chi connectivity index (χ0v) is 11.2. The summed E-state index contributed by atoms with van der Waals surface area (Å²) in [4.78, 5) is 0. The molecular weight excluding hydrogens is 250 g/mol. The van der Waals surface area contributed by atoms with Gasteiger partial charge in [-0.3, -0.25) is 0 Å². The number of aliphatic hydroxyl groups is 1. The van der Waals surface area contributed by atoms with Crippen molar-refractivity contribution < 1.29 is 13.5 Å². The minimum Gasteiger partial charge on any atom is -0.387 e. The van der Waals surface area contributed by atoms with Gasteiger partial charge in [0, 0.05) is 19.0 Å². The van der Waals surface area contributed by atoms with Crippen molar-refractivity contribution >= 4 is 21.6 Å². The molecular formula is C10H20ClNO3S. The molecule has 16 heavy (non-hydrogen) atoms. The van der Waals surface area contributed by atoms with E-state index in [-0.39, 0.29) is 18.8 Å². The second kappa shape index (κ2) is 5.67. The first kappa shape index (κ1) is 14.2. The summed E-state index contributed by atoms with van der Waals surface area (Å²) >= 11 is 5.50. The van der Waals surface area contributed by atoms with Gasteiger partial charge < -0.3 is 5.11 Å². The summed E-state index contributed by atoms with van der Waals surface area (Å²) in [6, 6.07) is 0. The fraction of sp³-hybridized carbons (Fsp3) is 1.00. The van der Waals surface area contributed by atoms with Crippen LogP contribution in [0.2, 0.25) is 0 Å². The molecule has 0 aromatic rings. The molecule has 0 unspecified atom stereocenters. The maximum Gasteiger partial charge on any atom is 0.214 e. The van der Waals surface area contributed by atoms with Crippen LogP contribution in [0.5, 0.6) is 0 Å². The van der Waals surface area contributed by atoms with Crippen molar-refractivity contribution in [2.75, 3.05) is 24.7 Å². The van der Waals surface area contributed by atoms with E-state index in [9.17, 15) is 13.5 Å². The van der Waals surface area contributed by atoms with E-state index < -0.39 is 15.6 Å². The molecule has 0 spiro atoms. The van der Waals surface area contributed by atoms with Gasteiger partial charge in [-0.2, -0.15) is 4.31 Å². The number of β-amino-alcohol motifs (C(OH)–C–C–N with tert-alkyl or cyclic N) is 1. The minimum absolute atomic E-state index is 0.141. The van der Waals surface area contributed by atoms with E-state index in [0.717, 1.165) is 6.42 Å². The molecule has 1 heterocycles. The lowest BCUT2D eigenvalue weighted by atomic mass is 9.92. The normalized spacial score (nSPS) is 20.7. The van der Waals surface area contributed by atoms with Gasteiger partial charge in [0.25, 0.3) is 0 Å². The van der Waals surface area contributed by atoms with Crippen molar-refractivity contribution in [2.24, 2.45) is 0 Å². The van der Waals surface area contributed by atoms with Gasteiger partial charge in [-0.05, 0) is 19.3 Å². The van der Waals surface area contributed by atoms with Crippen LogP contribution in [0.1, 0.15) is 32.6 Å². The Balaban J connectivity index is 2.37. The molecule has 1 fully saturated rings. The Kier molecular flexibility index (Phi) is 5.04. The standard InChI is InChI=1S/C10H20ClNO3S/c1-2-5-10(13)8-12(9-10)16(14,15)7-4-3-6-11/h13H,2-9H2,1H3. The topological polar surface area (TPSA) is 57.6 Å². The van der Waals surface area contributed by atoms with Crippen LogP contribution in [0.4, 0.5) is 0 Å². The van der Waals surface area contributed by atoms with Crippen molar-refractivity contribution in [2.45, 2.75) is 38.2 Å². The smallest absolute Gasteiger partial charge is 0.214 e. The largest absolute Gasteiger partial charge is 0.387 e. The van der Waals surface area contributed by atoms with Gasteiger partial charge in [0.15, 0.2) is 0 Å². The van der Waals surface area contributed by atoms with E-state index in [1.54, 1.807) is 0 Å². The van der Waals surface area contributed by atoms with Gasteiger partial charge >= 0.3 is 0 Å². The van der Waals surface area contributed by atoms with Crippen LogP contribution in [-0.4, -0.2) is 48.2 Å². The lowest BCUT2D eigenvalue weighted by Crippen LogP contribution is -2.63. The first-order valence-corrected chi connectivity index (χ1v) is 7.84. The Morgan fingerprint density at radius 3 is 2.50 bits per heavy atom. The lowest BCUT2D eigenvalue weighted by Gasteiger charge is -2.45. The number of hydrogen-bond acceptors (Lipinski definition) is 3. The minimum atomic E-state index is -3.17. The fourth-order valence-corrected chi connectivity index (χ4v) is 3.83. The van der Waals surface area contributed by atoms with Gasteiger partial charge in [0.1, 0.15) is 0 Å². The summed E-state index contributed by atoms with van der Waals surface area (Å²) in [7, 11) is -3.17. The second-order valence-corrected chi connectivity index (χ2v) is 6.92. The van der Waals surface area contributed by atoms with E-state index in [2.05, 4.69) is 0 Å². The molecule has 4 nitrogen and oxygen atoms in total. The third-order valence-electron chi connectivity index (χ3n) is 2.84. The molecule has 0 aromatic heterocycles. The number of sulfonamides is 1. The monoisotopic (exact) mass is 269 g/mol. The van der Waals surface area contributed by atoms with Crippen LogP contribution in [0.3, 0.4) is 0 Å². The number of unbranched alkanes of at least 4 members (excludes halogenated alkanes) is 1. The first-order chi connectivity index (χ1) is 7.43. The summed E-state index contributed by atoms with van der Waals surface area (Å²) in [6.45, 7) is 2.49. The predicted octanol–water partition coefficient (Wildman–Crippen LogP) is 1.18. The van der Waals surface area contributed by atoms with Gasteiger partial charge in [0.05, 0.1) is 11.4 Å². The van der Waals surface area contributed by atoms with Crippen molar-refractivity contribution in [3.8, 4) is 0 Å². The van der Waals surface area contributed by atoms with Gasteiger partial charge in [0.2, 0.25) is 10.0 Å². The molecule has 1 rings (SSSR count). The highest BCUT2D eigenvalue weighted by Gasteiger charge is 2.45. The van der Waals surface area contributed by atoms with Crippen LogP contribution in [0.25, 0.3) is 0 Å². The molecule has 0 atom stereocenters. The van der Waals surface area contributed by atoms with Gasteiger partial charge in [-0.25, -0.2) is 8.42 Å². The third kappa shape index (κ3) is 3.58. The zero-order chi connectivity index (χ0) is 12.2. The summed E-state index contributed by atoms with van der Waals surface area (Å²) in [5.74, 6) is 0.636. The predicted molar refractivity (Wildman–Crippen MR) is 65.2 cm³/mol. The van der Waals surface area contributed by atoms with Gasteiger partial charge in [-0.15, -0.1) is 11.6 Å². The van der Waals surface area contributed by atoms with E-state index in [0.29, 0.717) is 25.1 Å². The van der Waals surface area contributed by atoms with E-state index in [1.807, 2.05) is 6.92 Å². The summed E-state index contributed by atoms with van der Waals surface area (Å²) < 4.78 is 24.9. The van der Waals surface area contributed by atoms with Crippen LogP contribution in [0.15, 0.2) is 0 Å². The molecule has 0 bridgehead atoms. The maximum absolute atomic E-state index is 11.8. The summed E-state index contributed by atoms with van der Waals surface area (Å²) in [5.41, 5.74) is -0.783. The average Bonchev–Trinajstić information content (AvgIpc) is 2.14. The lowest BCUT2D eigenvalue weighted by molar-refractivity contribution is -0.0653. The Labute approximate surface area is 103 Å². The van der Waals surface area contributed by atoms with Crippen LogP contribution >= 0.6 is 11.6 Å². The Morgan fingerprint density at radius 1 is 1.38 bits per heavy atom. The number of alkyl halides is 1. The molecule has 1 aliphatic heterocycles. The SMILES string of the molecule is CCCC1(O)CN(S(=O)(=O)CCCCCl)C1.